The fourth-order valence-corrected chi connectivity index (χ4v) is 3.49. The summed E-state index contributed by atoms with van der Waals surface area (Å²) in [4.78, 5) is 16.6. The molecule has 2 atom stereocenters. The maximum absolute atomic E-state index is 12.3. The van der Waals surface area contributed by atoms with Crippen LogP contribution < -0.4 is 10.6 Å². The number of carbonyl (C=O) groups excluding carboxylic acids is 1. The lowest BCUT2D eigenvalue weighted by Gasteiger charge is -2.37. The van der Waals surface area contributed by atoms with Crippen LogP contribution in [0.5, 0.6) is 0 Å². The van der Waals surface area contributed by atoms with E-state index in [1.165, 1.54) is 17.7 Å². The van der Waals surface area contributed by atoms with E-state index in [1.807, 2.05) is 4.90 Å². The number of likely N-dealkylation sites (tertiary alicyclic amines) is 1. The summed E-state index contributed by atoms with van der Waals surface area (Å²) in [5, 5.41) is 0. The van der Waals surface area contributed by atoms with Crippen molar-refractivity contribution >= 4 is 11.6 Å². The highest BCUT2D eigenvalue weighted by molar-refractivity contribution is 5.77. The lowest BCUT2D eigenvalue weighted by Crippen LogP contribution is -2.40. The molecule has 4 heteroatoms. The highest BCUT2D eigenvalue weighted by Crippen LogP contribution is 2.30. The zero-order valence-electron chi connectivity index (χ0n) is 12.8. The van der Waals surface area contributed by atoms with Crippen molar-refractivity contribution < 1.29 is 4.79 Å². The molecule has 1 aromatic rings. The number of rotatable bonds is 3. The van der Waals surface area contributed by atoms with Crippen LogP contribution in [0, 0.1) is 0 Å². The first-order valence-corrected chi connectivity index (χ1v) is 8.03. The Morgan fingerprint density at radius 1 is 1.33 bits per heavy atom. The summed E-state index contributed by atoms with van der Waals surface area (Å²) in [5.41, 5.74) is 8.60. The Bertz CT molecular complexity index is 517. The van der Waals surface area contributed by atoms with Gasteiger partial charge in [0, 0.05) is 43.8 Å². The Morgan fingerprint density at radius 2 is 2.14 bits per heavy atom. The second-order valence-corrected chi connectivity index (χ2v) is 6.35. The molecule has 4 nitrogen and oxygen atoms in total. The van der Waals surface area contributed by atoms with Gasteiger partial charge in [-0.25, -0.2) is 0 Å². The molecule has 0 spiro atoms. The van der Waals surface area contributed by atoms with Crippen molar-refractivity contribution in [1.82, 2.24) is 4.90 Å². The van der Waals surface area contributed by atoms with Gasteiger partial charge in [0.05, 0.1) is 0 Å². The van der Waals surface area contributed by atoms with Crippen LogP contribution in [0.15, 0.2) is 24.3 Å². The Hall–Kier alpha value is -1.55. The predicted molar refractivity (Wildman–Crippen MR) is 85.4 cm³/mol. The standard InChI is InChI=1S/C17H25N3O/c1-13-6-7-14-4-2-3-5-16(14)20(13)11-9-17(21)19-10-8-15(18)12-19/h2-5,13,15H,6-12,18H2,1H3/t13-,15-/m0/s1. The molecule has 2 aliphatic rings. The fourth-order valence-electron chi connectivity index (χ4n) is 3.49. The van der Waals surface area contributed by atoms with Gasteiger partial charge in [-0.05, 0) is 37.8 Å². The predicted octanol–water partition coefficient (Wildman–Crippen LogP) is 1.78. The van der Waals surface area contributed by atoms with Gasteiger partial charge in [0.15, 0.2) is 0 Å². The van der Waals surface area contributed by atoms with Gasteiger partial charge in [-0.2, -0.15) is 0 Å². The normalized spacial score (nSPS) is 25.0. The van der Waals surface area contributed by atoms with Crippen LogP contribution in [-0.4, -0.2) is 42.5 Å². The quantitative estimate of drug-likeness (QED) is 0.922. The van der Waals surface area contributed by atoms with Crippen LogP contribution in [0.25, 0.3) is 0 Å². The van der Waals surface area contributed by atoms with Gasteiger partial charge in [-0.3, -0.25) is 4.79 Å². The molecule has 1 amide bonds. The van der Waals surface area contributed by atoms with E-state index >= 15 is 0 Å². The Labute approximate surface area is 126 Å². The van der Waals surface area contributed by atoms with Crippen LogP contribution in [0.4, 0.5) is 5.69 Å². The molecule has 0 bridgehead atoms. The van der Waals surface area contributed by atoms with E-state index < -0.39 is 0 Å². The highest BCUT2D eigenvalue weighted by Gasteiger charge is 2.26. The molecule has 0 radical (unpaired) electrons. The van der Waals surface area contributed by atoms with Crippen molar-refractivity contribution in [2.24, 2.45) is 5.73 Å². The largest absolute Gasteiger partial charge is 0.368 e. The van der Waals surface area contributed by atoms with Crippen LogP contribution in [0.2, 0.25) is 0 Å². The maximum Gasteiger partial charge on any atom is 0.224 e. The first-order valence-electron chi connectivity index (χ1n) is 8.03. The molecular formula is C17H25N3O. The summed E-state index contributed by atoms with van der Waals surface area (Å²) in [5.74, 6) is 0.248. The van der Waals surface area contributed by atoms with Crippen molar-refractivity contribution in [2.45, 2.75) is 44.7 Å². The SMILES string of the molecule is C[C@H]1CCc2ccccc2N1CCC(=O)N1CC[C@H](N)C1. The van der Waals surface area contributed by atoms with Crippen molar-refractivity contribution in [2.75, 3.05) is 24.5 Å². The third kappa shape index (κ3) is 3.05. The topological polar surface area (TPSA) is 49.6 Å². The molecule has 0 unspecified atom stereocenters. The lowest BCUT2D eigenvalue weighted by atomic mass is 9.96. The number of fused-ring (bicyclic) bond motifs is 1. The minimum atomic E-state index is 0.170. The minimum absolute atomic E-state index is 0.170. The number of benzene rings is 1. The molecular weight excluding hydrogens is 262 g/mol. The summed E-state index contributed by atoms with van der Waals surface area (Å²) in [6.07, 6.45) is 3.84. The highest BCUT2D eigenvalue weighted by atomic mass is 16.2. The molecule has 0 aliphatic carbocycles. The third-order valence-electron chi connectivity index (χ3n) is 4.81. The summed E-state index contributed by atoms with van der Waals surface area (Å²) in [6, 6.07) is 9.25. The number of carbonyl (C=O) groups is 1. The van der Waals surface area contributed by atoms with E-state index in [9.17, 15) is 4.79 Å². The molecule has 3 rings (SSSR count). The Morgan fingerprint density at radius 3 is 2.90 bits per heavy atom. The van der Waals surface area contributed by atoms with Crippen LogP contribution in [-0.2, 0) is 11.2 Å². The summed E-state index contributed by atoms with van der Waals surface area (Å²) >= 11 is 0. The van der Waals surface area contributed by atoms with Crippen LogP contribution in [0.1, 0.15) is 31.7 Å². The number of aryl methyl sites for hydroxylation is 1. The number of para-hydroxylation sites is 1. The zero-order chi connectivity index (χ0) is 14.8. The second kappa shape index (κ2) is 6.06. The third-order valence-corrected chi connectivity index (χ3v) is 4.81. The molecule has 1 saturated heterocycles. The number of nitrogens with two attached hydrogens (primary N) is 1. The van der Waals surface area contributed by atoms with Gasteiger partial charge < -0.3 is 15.5 Å². The number of hydrogen-bond acceptors (Lipinski definition) is 3. The van der Waals surface area contributed by atoms with E-state index in [-0.39, 0.29) is 11.9 Å². The van der Waals surface area contributed by atoms with Crippen LogP contribution in [0.3, 0.4) is 0 Å². The van der Waals surface area contributed by atoms with E-state index in [0.29, 0.717) is 12.5 Å². The maximum atomic E-state index is 12.3. The van der Waals surface area contributed by atoms with Gasteiger partial charge >= 0.3 is 0 Å². The van der Waals surface area contributed by atoms with Crippen molar-refractivity contribution in [1.29, 1.82) is 0 Å². The number of nitrogens with zero attached hydrogens (tertiary/aromatic N) is 2. The summed E-state index contributed by atoms with van der Waals surface area (Å²) in [6.45, 7) is 4.62. The van der Waals surface area contributed by atoms with Gasteiger partial charge in [-0.15, -0.1) is 0 Å². The molecule has 21 heavy (non-hydrogen) atoms. The van der Waals surface area contributed by atoms with E-state index in [0.717, 1.165) is 32.5 Å². The Kier molecular flexibility index (Phi) is 4.15. The fraction of sp³-hybridized carbons (Fsp3) is 0.588. The molecule has 114 valence electrons. The van der Waals surface area contributed by atoms with E-state index in [4.69, 9.17) is 5.73 Å². The number of hydrogen-bond donors (Lipinski definition) is 1. The molecule has 1 aromatic carbocycles. The molecule has 1 fully saturated rings. The smallest absolute Gasteiger partial charge is 0.224 e. The summed E-state index contributed by atoms with van der Waals surface area (Å²) < 4.78 is 0. The van der Waals surface area contributed by atoms with Gasteiger partial charge in [0.1, 0.15) is 0 Å². The first-order chi connectivity index (χ1) is 10.1. The average Bonchev–Trinajstić information content (AvgIpc) is 2.92. The average molecular weight is 287 g/mol. The molecule has 2 heterocycles. The zero-order valence-corrected chi connectivity index (χ0v) is 12.8. The van der Waals surface area contributed by atoms with Crippen LogP contribution >= 0.6 is 0 Å². The van der Waals surface area contributed by atoms with Crippen molar-refractivity contribution in [3.63, 3.8) is 0 Å². The molecule has 2 N–H and O–H groups in total. The monoisotopic (exact) mass is 287 g/mol. The van der Waals surface area contributed by atoms with Gasteiger partial charge in [0.25, 0.3) is 0 Å². The summed E-state index contributed by atoms with van der Waals surface area (Å²) in [7, 11) is 0. The van der Waals surface area contributed by atoms with E-state index in [2.05, 4.69) is 36.1 Å². The van der Waals surface area contributed by atoms with Gasteiger partial charge in [0.2, 0.25) is 5.91 Å². The van der Waals surface area contributed by atoms with Gasteiger partial charge in [-0.1, -0.05) is 18.2 Å². The second-order valence-electron chi connectivity index (χ2n) is 6.35. The lowest BCUT2D eigenvalue weighted by molar-refractivity contribution is -0.130. The Balaban J connectivity index is 1.63. The van der Waals surface area contributed by atoms with E-state index in [1.54, 1.807) is 0 Å². The minimum Gasteiger partial charge on any atom is -0.368 e. The number of amides is 1. The molecule has 0 saturated carbocycles. The van der Waals surface area contributed by atoms with Crippen molar-refractivity contribution in [3.8, 4) is 0 Å². The first kappa shape index (κ1) is 14.4. The van der Waals surface area contributed by atoms with Crippen molar-refractivity contribution in [3.05, 3.63) is 29.8 Å². The molecule has 0 aromatic heterocycles. The number of anilines is 1. The molecule has 2 aliphatic heterocycles.